The molecule has 8 nitrogen and oxygen atoms in total. The minimum absolute atomic E-state index is 0.0364. The van der Waals surface area contributed by atoms with Crippen LogP contribution in [0.1, 0.15) is 45.3 Å². The summed E-state index contributed by atoms with van der Waals surface area (Å²) in [6, 6.07) is 7.79. The molecule has 31 heavy (non-hydrogen) atoms. The van der Waals surface area contributed by atoms with Crippen molar-refractivity contribution in [2.45, 2.75) is 44.3 Å². The Morgan fingerprint density at radius 2 is 1.94 bits per heavy atom. The third-order valence-electron chi connectivity index (χ3n) is 4.77. The summed E-state index contributed by atoms with van der Waals surface area (Å²) in [4.78, 5) is 14.5. The summed E-state index contributed by atoms with van der Waals surface area (Å²) in [5.41, 5.74) is 1.31. The predicted octanol–water partition coefficient (Wildman–Crippen LogP) is 4.05. The number of benzene rings is 1. The summed E-state index contributed by atoms with van der Waals surface area (Å²) in [6.07, 6.45) is 0. The lowest BCUT2D eigenvalue weighted by Crippen LogP contribution is -2.21. The molecule has 3 rings (SSSR count). The van der Waals surface area contributed by atoms with E-state index < -0.39 is 0 Å². The fourth-order valence-corrected chi connectivity index (χ4v) is 3.46. The number of carbonyl (C=O) groups is 1. The lowest BCUT2D eigenvalue weighted by atomic mass is 9.92. The lowest BCUT2D eigenvalue weighted by Gasteiger charge is -2.20. The molecular weight excluding hydrogens is 419 g/mol. The first-order valence-corrected chi connectivity index (χ1v) is 10.8. The van der Waals surface area contributed by atoms with Crippen LogP contribution in [0.3, 0.4) is 0 Å². The lowest BCUT2D eigenvalue weighted by molar-refractivity contribution is -0.113. The van der Waals surface area contributed by atoms with Crippen LogP contribution >= 0.6 is 11.8 Å². The molecule has 10 heteroatoms. The zero-order valence-corrected chi connectivity index (χ0v) is 19.3. The average Bonchev–Trinajstić information content (AvgIpc) is 3.33. The van der Waals surface area contributed by atoms with E-state index in [9.17, 15) is 9.18 Å². The molecule has 0 saturated heterocycles. The van der Waals surface area contributed by atoms with E-state index in [-0.39, 0.29) is 28.9 Å². The number of anilines is 1. The van der Waals surface area contributed by atoms with Crippen LogP contribution in [0.2, 0.25) is 0 Å². The highest BCUT2D eigenvalue weighted by molar-refractivity contribution is 7.99. The van der Waals surface area contributed by atoms with Gasteiger partial charge in [0.25, 0.3) is 0 Å². The van der Waals surface area contributed by atoms with E-state index in [1.54, 1.807) is 18.2 Å². The molecule has 1 amide bonds. The third-order valence-corrected chi connectivity index (χ3v) is 5.69. The highest BCUT2D eigenvalue weighted by Crippen LogP contribution is 2.27. The minimum atomic E-state index is -0.325. The summed E-state index contributed by atoms with van der Waals surface area (Å²) in [7, 11) is 3.88. The van der Waals surface area contributed by atoms with E-state index in [4.69, 9.17) is 4.52 Å². The molecule has 0 radical (unpaired) electrons. The molecule has 1 N–H and O–H groups in total. The van der Waals surface area contributed by atoms with Gasteiger partial charge in [-0.05, 0) is 45.3 Å². The van der Waals surface area contributed by atoms with Gasteiger partial charge in [-0.15, -0.1) is 10.2 Å². The van der Waals surface area contributed by atoms with E-state index in [0.717, 1.165) is 11.4 Å². The Kier molecular flexibility index (Phi) is 6.80. The van der Waals surface area contributed by atoms with Crippen molar-refractivity contribution in [1.82, 2.24) is 24.8 Å². The number of nitrogens with one attached hydrogen (secondary N) is 1. The standard InChI is InChI=1S/C21H27FN6O2S/c1-13(27(5)6)19-24-25-20(28(19)15-9-7-14(22)8-10-15)31-12-17(29)23-18-11-16(26-30-18)21(2,3)4/h7-11,13H,12H2,1-6H3,(H,23,29). The van der Waals surface area contributed by atoms with Crippen LogP contribution < -0.4 is 5.32 Å². The normalized spacial score (nSPS) is 12.9. The van der Waals surface area contributed by atoms with Crippen molar-refractivity contribution in [3.63, 3.8) is 0 Å². The second kappa shape index (κ2) is 9.19. The highest BCUT2D eigenvalue weighted by Gasteiger charge is 2.23. The van der Waals surface area contributed by atoms with E-state index in [1.807, 2.05) is 51.3 Å². The van der Waals surface area contributed by atoms with Gasteiger partial charge in [0.15, 0.2) is 11.0 Å². The number of nitrogens with zero attached hydrogens (tertiary/aromatic N) is 5. The minimum Gasteiger partial charge on any atom is -0.338 e. The summed E-state index contributed by atoms with van der Waals surface area (Å²) < 4.78 is 20.5. The molecule has 1 aromatic carbocycles. The molecule has 0 bridgehead atoms. The second-order valence-corrected chi connectivity index (χ2v) is 9.40. The van der Waals surface area contributed by atoms with Crippen molar-refractivity contribution in [2.75, 3.05) is 25.2 Å². The van der Waals surface area contributed by atoms with Gasteiger partial charge in [-0.2, -0.15) is 0 Å². The number of hydrogen-bond donors (Lipinski definition) is 1. The topological polar surface area (TPSA) is 89.1 Å². The first-order chi connectivity index (χ1) is 14.6. The monoisotopic (exact) mass is 446 g/mol. The molecule has 166 valence electrons. The molecule has 1 atom stereocenters. The Morgan fingerprint density at radius 3 is 2.52 bits per heavy atom. The summed E-state index contributed by atoms with van der Waals surface area (Å²) >= 11 is 1.24. The molecule has 2 aromatic heterocycles. The van der Waals surface area contributed by atoms with Crippen LogP contribution in [-0.2, 0) is 10.2 Å². The number of amides is 1. The molecule has 0 saturated carbocycles. The number of rotatable bonds is 7. The Balaban J connectivity index is 1.77. The van der Waals surface area contributed by atoms with E-state index >= 15 is 0 Å². The Labute approximate surface area is 185 Å². The van der Waals surface area contributed by atoms with Crippen LogP contribution in [-0.4, -0.2) is 50.6 Å². The van der Waals surface area contributed by atoms with Gasteiger partial charge in [-0.3, -0.25) is 19.6 Å². The zero-order chi connectivity index (χ0) is 22.8. The van der Waals surface area contributed by atoms with Gasteiger partial charge in [-0.25, -0.2) is 4.39 Å². The second-order valence-electron chi connectivity index (χ2n) is 8.46. The fourth-order valence-electron chi connectivity index (χ4n) is 2.70. The maximum atomic E-state index is 13.4. The number of hydrogen-bond acceptors (Lipinski definition) is 7. The summed E-state index contributed by atoms with van der Waals surface area (Å²) in [6.45, 7) is 8.05. The largest absolute Gasteiger partial charge is 0.338 e. The van der Waals surface area contributed by atoms with Crippen LogP contribution in [0.5, 0.6) is 0 Å². The summed E-state index contributed by atoms with van der Waals surface area (Å²) in [5.74, 6) is 0.523. The SMILES string of the molecule is CC(c1nnc(SCC(=O)Nc2cc(C(C)(C)C)no2)n1-c1ccc(F)cc1)N(C)C. The van der Waals surface area contributed by atoms with Crippen molar-refractivity contribution in [3.8, 4) is 5.69 Å². The van der Waals surface area contributed by atoms with E-state index in [2.05, 4.69) is 20.7 Å². The van der Waals surface area contributed by atoms with Gasteiger partial charge >= 0.3 is 0 Å². The maximum Gasteiger partial charge on any atom is 0.237 e. The van der Waals surface area contributed by atoms with Crippen molar-refractivity contribution < 1.29 is 13.7 Å². The fraction of sp³-hybridized carbons (Fsp3) is 0.429. The Morgan fingerprint density at radius 1 is 1.26 bits per heavy atom. The molecule has 0 spiro atoms. The summed E-state index contributed by atoms with van der Waals surface area (Å²) in [5, 5.41) is 15.9. The highest BCUT2D eigenvalue weighted by atomic mass is 32.2. The van der Waals surface area contributed by atoms with Crippen LogP contribution in [0.25, 0.3) is 5.69 Å². The molecule has 0 fully saturated rings. The van der Waals surface area contributed by atoms with E-state index in [1.165, 1.54) is 23.9 Å². The zero-order valence-electron chi connectivity index (χ0n) is 18.5. The Bertz CT molecular complexity index is 1040. The molecule has 1 unspecified atom stereocenters. The average molecular weight is 447 g/mol. The van der Waals surface area contributed by atoms with Gasteiger partial charge in [0, 0.05) is 17.2 Å². The van der Waals surface area contributed by atoms with Crippen LogP contribution in [0.15, 0.2) is 40.0 Å². The Hall–Kier alpha value is -2.72. The van der Waals surface area contributed by atoms with Gasteiger partial charge in [0.1, 0.15) is 5.82 Å². The first kappa shape index (κ1) is 23.0. The molecular formula is C21H27FN6O2S. The quantitative estimate of drug-likeness (QED) is 0.548. The molecule has 0 aliphatic carbocycles. The number of aromatic nitrogens is 4. The van der Waals surface area contributed by atoms with Gasteiger partial charge in [0.05, 0.1) is 17.5 Å². The molecule has 0 aliphatic rings. The molecule has 3 aromatic rings. The smallest absolute Gasteiger partial charge is 0.237 e. The van der Waals surface area contributed by atoms with Gasteiger partial charge < -0.3 is 4.52 Å². The number of halogens is 1. The maximum absolute atomic E-state index is 13.4. The molecule has 2 heterocycles. The number of thioether (sulfide) groups is 1. The van der Waals surface area contributed by atoms with Crippen LogP contribution in [0, 0.1) is 5.82 Å². The number of carbonyl (C=O) groups excluding carboxylic acids is 1. The van der Waals surface area contributed by atoms with Crippen molar-refractivity contribution in [1.29, 1.82) is 0 Å². The van der Waals surface area contributed by atoms with Gasteiger partial charge in [0.2, 0.25) is 11.8 Å². The van der Waals surface area contributed by atoms with Crippen molar-refractivity contribution in [3.05, 3.63) is 47.7 Å². The van der Waals surface area contributed by atoms with Crippen molar-refractivity contribution in [2.24, 2.45) is 0 Å². The first-order valence-electron chi connectivity index (χ1n) is 9.84. The van der Waals surface area contributed by atoms with Gasteiger partial charge in [-0.1, -0.05) is 37.7 Å². The van der Waals surface area contributed by atoms with E-state index in [0.29, 0.717) is 16.9 Å². The third kappa shape index (κ3) is 5.50. The van der Waals surface area contributed by atoms with Crippen molar-refractivity contribution >= 4 is 23.6 Å². The predicted molar refractivity (Wildman–Crippen MR) is 118 cm³/mol. The molecule has 0 aliphatic heterocycles. The van der Waals surface area contributed by atoms with Crippen LogP contribution in [0.4, 0.5) is 10.3 Å².